The molecule has 6 heteroatoms. The molecule has 0 atom stereocenters. The highest BCUT2D eigenvalue weighted by atomic mass is 35.5. The van der Waals surface area contributed by atoms with E-state index in [1.54, 1.807) is 25.1 Å². The van der Waals surface area contributed by atoms with E-state index in [0.29, 0.717) is 29.0 Å². The molecule has 2 N–H and O–H groups in total. The molecule has 1 saturated carbocycles. The van der Waals surface area contributed by atoms with Gasteiger partial charge >= 0.3 is 5.97 Å². The Kier molecular flexibility index (Phi) is 2.76. The van der Waals surface area contributed by atoms with Gasteiger partial charge in [0.1, 0.15) is 11.1 Å². The summed E-state index contributed by atoms with van der Waals surface area (Å²) < 4.78 is 5.51. The van der Waals surface area contributed by atoms with Gasteiger partial charge in [0, 0.05) is 16.0 Å². The van der Waals surface area contributed by atoms with E-state index < -0.39 is 17.4 Å². The van der Waals surface area contributed by atoms with Crippen molar-refractivity contribution in [2.75, 3.05) is 0 Å². The lowest BCUT2D eigenvalue weighted by atomic mass is 10.1. The first-order valence-electron chi connectivity index (χ1n) is 6.17. The fraction of sp³-hybridized carbons (Fsp3) is 0.286. The van der Waals surface area contributed by atoms with Crippen molar-refractivity contribution in [3.63, 3.8) is 0 Å². The number of fused-ring (bicyclic) bond motifs is 1. The summed E-state index contributed by atoms with van der Waals surface area (Å²) in [6.45, 7) is 1.75. The van der Waals surface area contributed by atoms with Gasteiger partial charge < -0.3 is 14.8 Å². The third kappa shape index (κ3) is 1.94. The van der Waals surface area contributed by atoms with E-state index in [-0.39, 0.29) is 5.76 Å². The molecule has 1 fully saturated rings. The van der Waals surface area contributed by atoms with Crippen molar-refractivity contribution in [3.05, 3.63) is 34.5 Å². The number of carboxylic acid groups (broad SMARTS) is 1. The fourth-order valence-corrected chi connectivity index (χ4v) is 2.37. The molecule has 1 aliphatic rings. The maximum atomic E-state index is 12.2. The molecular weight excluding hydrogens is 282 g/mol. The van der Waals surface area contributed by atoms with E-state index in [1.807, 2.05) is 0 Å². The van der Waals surface area contributed by atoms with Crippen molar-refractivity contribution in [2.24, 2.45) is 0 Å². The Morgan fingerprint density at radius 2 is 2.10 bits per heavy atom. The molecular formula is C14H12ClNO4. The molecule has 2 aromatic rings. The third-order valence-corrected chi connectivity index (χ3v) is 3.85. The Labute approximate surface area is 119 Å². The molecule has 0 radical (unpaired) electrons. The molecule has 1 aliphatic carbocycles. The Bertz CT molecular complexity index is 730. The molecule has 3 rings (SSSR count). The smallest absolute Gasteiger partial charge is 0.329 e. The van der Waals surface area contributed by atoms with Gasteiger partial charge in [-0.15, -0.1) is 0 Å². The van der Waals surface area contributed by atoms with Gasteiger partial charge in [0.15, 0.2) is 5.76 Å². The zero-order valence-corrected chi connectivity index (χ0v) is 11.5. The summed E-state index contributed by atoms with van der Waals surface area (Å²) in [6.07, 6.45) is 0.887. The lowest BCUT2D eigenvalue weighted by Gasteiger charge is -2.11. The average Bonchev–Trinajstić information content (AvgIpc) is 3.10. The second-order valence-corrected chi connectivity index (χ2v) is 5.47. The Balaban J connectivity index is 1.96. The third-order valence-electron chi connectivity index (χ3n) is 3.62. The van der Waals surface area contributed by atoms with E-state index in [2.05, 4.69) is 5.32 Å². The number of carboxylic acids is 1. The van der Waals surface area contributed by atoms with Crippen molar-refractivity contribution in [1.82, 2.24) is 5.32 Å². The van der Waals surface area contributed by atoms with Crippen molar-refractivity contribution >= 4 is 34.4 Å². The number of nitrogens with one attached hydrogen (secondary N) is 1. The minimum absolute atomic E-state index is 0.134. The van der Waals surface area contributed by atoms with Crippen LogP contribution in [0.5, 0.6) is 0 Å². The van der Waals surface area contributed by atoms with Gasteiger partial charge in [-0.3, -0.25) is 4.79 Å². The van der Waals surface area contributed by atoms with Crippen LogP contribution in [0.1, 0.15) is 29.0 Å². The molecule has 1 aromatic carbocycles. The number of benzene rings is 1. The molecule has 0 saturated heterocycles. The number of carbonyl (C=O) groups excluding carboxylic acids is 1. The number of furan rings is 1. The Morgan fingerprint density at radius 1 is 1.40 bits per heavy atom. The SMILES string of the molecule is Cc1c(C(=O)NC2(C(=O)O)CC2)oc2ccc(Cl)cc12. The molecule has 0 bridgehead atoms. The summed E-state index contributed by atoms with van der Waals surface area (Å²) in [5, 5.41) is 12.9. The number of aliphatic carboxylic acids is 1. The second-order valence-electron chi connectivity index (χ2n) is 5.04. The van der Waals surface area contributed by atoms with Crippen LogP contribution in [-0.4, -0.2) is 22.5 Å². The summed E-state index contributed by atoms with van der Waals surface area (Å²) in [4.78, 5) is 23.3. The van der Waals surface area contributed by atoms with Crippen molar-refractivity contribution in [3.8, 4) is 0 Å². The molecule has 0 unspecified atom stereocenters. The number of rotatable bonds is 3. The van der Waals surface area contributed by atoms with Crippen LogP contribution in [-0.2, 0) is 4.79 Å². The molecule has 1 aromatic heterocycles. The maximum Gasteiger partial charge on any atom is 0.329 e. The summed E-state index contributed by atoms with van der Waals surface area (Å²) in [5.74, 6) is -1.38. The van der Waals surface area contributed by atoms with Crippen LogP contribution < -0.4 is 5.32 Å². The molecule has 20 heavy (non-hydrogen) atoms. The van der Waals surface area contributed by atoms with Gasteiger partial charge in [-0.1, -0.05) is 11.6 Å². The van der Waals surface area contributed by atoms with E-state index >= 15 is 0 Å². The Hall–Kier alpha value is -2.01. The van der Waals surface area contributed by atoms with Crippen LogP contribution in [0.25, 0.3) is 11.0 Å². The van der Waals surface area contributed by atoms with Crippen LogP contribution in [0.15, 0.2) is 22.6 Å². The number of hydrogen-bond donors (Lipinski definition) is 2. The predicted octanol–water partition coefficient (Wildman–Crippen LogP) is 2.74. The lowest BCUT2D eigenvalue weighted by molar-refractivity contribution is -0.140. The Morgan fingerprint density at radius 3 is 2.70 bits per heavy atom. The summed E-state index contributed by atoms with van der Waals surface area (Å²) in [6, 6.07) is 5.08. The quantitative estimate of drug-likeness (QED) is 0.912. The van der Waals surface area contributed by atoms with E-state index in [0.717, 1.165) is 5.39 Å². The monoisotopic (exact) mass is 293 g/mol. The maximum absolute atomic E-state index is 12.2. The van der Waals surface area contributed by atoms with Crippen LogP contribution in [0.4, 0.5) is 0 Å². The normalized spacial score (nSPS) is 16.1. The zero-order chi connectivity index (χ0) is 14.5. The number of carbonyl (C=O) groups is 2. The average molecular weight is 294 g/mol. The topological polar surface area (TPSA) is 79.5 Å². The van der Waals surface area contributed by atoms with Gasteiger partial charge in [0.2, 0.25) is 0 Å². The molecule has 0 aliphatic heterocycles. The first kappa shape index (κ1) is 13.0. The van der Waals surface area contributed by atoms with Crippen molar-refractivity contribution in [1.29, 1.82) is 0 Å². The highest BCUT2D eigenvalue weighted by molar-refractivity contribution is 6.31. The van der Waals surface area contributed by atoms with Crippen molar-refractivity contribution < 1.29 is 19.1 Å². The van der Waals surface area contributed by atoms with Gasteiger partial charge in [0.25, 0.3) is 5.91 Å². The van der Waals surface area contributed by atoms with Gasteiger partial charge in [-0.25, -0.2) is 4.79 Å². The van der Waals surface area contributed by atoms with Crippen LogP contribution in [0, 0.1) is 6.92 Å². The van der Waals surface area contributed by atoms with Gasteiger partial charge in [-0.05, 0) is 38.0 Å². The molecule has 1 amide bonds. The number of amides is 1. The fourth-order valence-electron chi connectivity index (χ4n) is 2.20. The van der Waals surface area contributed by atoms with E-state index in [9.17, 15) is 9.59 Å². The second kappa shape index (κ2) is 4.24. The summed E-state index contributed by atoms with van der Waals surface area (Å²) in [7, 11) is 0. The standard InChI is InChI=1S/C14H12ClNO4/c1-7-9-6-8(15)2-3-10(9)20-11(7)12(17)16-14(4-5-14)13(18)19/h2-3,6H,4-5H2,1H3,(H,16,17)(H,18,19). The van der Waals surface area contributed by atoms with Crippen LogP contribution in [0.3, 0.4) is 0 Å². The largest absolute Gasteiger partial charge is 0.480 e. The first-order valence-corrected chi connectivity index (χ1v) is 6.55. The van der Waals surface area contributed by atoms with Crippen LogP contribution >= 0.6 is 11.6 Å². The number of aryl methyl sites for hydroxylation is 1. The molecule has 104 valence electrons. The van der Waals surface area contributed by atoms with Gasteiger partial charge in [-0.2, -0.15) is 0 Å². The van der Waals surface area contributed by atoms with Crippen LogP contribution in [0.2, 0.25) is 5.02 Å². The van der Waals surface area contributed by atoms with E-state index in [4.69, 9.17) is 21.1 Å². The predicted molar refractivity (Wildman–Crippen MR) is 73.0 cm³/mol. The molecule has 5 nitrogen and oxygen atoms in total. The molecule has 1 heterocycles. The molecule has 0 spiro atoms. The minimum Gasteiger partial charge on any atom is -0.480 e. The number of halogens is 1. The summed E-state index contributed by atoms with van der Waals surface area (Å²) >= 11 is 5.92. The minimum atomic E-state index is -1.12. The highest BCUT2D eigenvalue weighted by Gasteiger charge is 2.52. The number of hydrogen-bond acceptors (Lipinski definition) is 3. The van der Waals surface area contributed by atoms with Gasteiger partial charge in [0.05, 0.1) is 0 Å². The zero-order valence-electron chi connectivity index (χ0n) is 10.7. The first-order chi connectivity index (χ1) is 9.43. The lowest BCUT2D eigenvalue weighted by Crippen LogP contribution is -2.43. The van der Waals surface area contributed by atoms with E-state index in [1.165, 1.54) is 0 Å². The van der Waals surface area contributed by atoms with Crippen molar-refractivity contribution in [2.45, 2.75) is 25.3 Å². The highest BCUT2D eigenvalue weighted by Crippen LogP contribution is 2.36. The summed E-state index contributed by atoms with van der Waals surface area (Å²) in [5.41, 5.74) is 0.0820.